The Morgan fingerprint density at radius 2 is 0.903 bits per heavy atom. The molecule has 6 rings (SSSR count). The molecule has 6 aromatic carbocycles. The highest BCUT2D eigenvalue weighted by atomic mass is 31.2. The number of likely N-dealkylation sites (N-methyl/N-ethyl adjacent to an activating group) is 1. The average Bonchev–Trinajstić information content (AvgIpc) is 3.32. The zero-order chi connectivity index (χ0) is 52.3. The molecule has 0 saturated heterocycles. The number of carbonyl (C=O) groups is 5. The lowest BCUT2D eigenvalue weighted by Gasteiger charge is -2.27. The molecule has 0 heterocycles. The first-order valence-electron chi connectivity index (χ1n) is 23.4. The van der Waals surface area contributed by atoms with Crippen LogP contribution < -0.4 is 26.2 Å². The highest BCUT2D eigenvalue weighted by Crippen LogP contribution is 2.38. The molecule has 0 aliphatic heterocycles. The summed E-state index contributed by atoms with van der Waals surface area (Å²) >= 11 is 0. The molecule has 0 fully saturated rings. The number of aryl methyl sites for hydroxylation is 4. The third-order valence-corrected chi connectivity index (χ3v) is 12.8. The number of Topliss-reactive ketones (excluding diaryl/α,β-unsaturated/α-hetero) is 1. The van der Waals surface area contributed by atoms with Gasteiger partial charge in [0, 0.05) is 52.1 Å². The Labute approximate surface area is 421 Å². The fourth-order valence-electron chi connectivity index (χ4n) is 7.82. The molecule has 0 aliphatic rings. The predicted octanol–water partition coefficient (Wildman–Crippen LogP) is 9.47. The van der Waals surface area contributed by atoms with E-state index < -0.39 is 38.8 Å². The Morgan fingerprint density at radius 1 is 0.514 bits per heavy atom. The van der Waals surface area contributed by atoms with Crippen LogP contribution in [0.5, 0.6) is 0 Å². The number of rotatable bonds is 21. The Morgan fingerprint density at radius 3 is 1.32 bits per heavy atom. The number of carbonyl (C=O) groups excluding carboxylic acids is 5. The highest BCUT2D eigenvalue weighted by Gasteiger charge is 2.21. The Balaban J connectivity index is 1.16. The van der Waals surface area contributed by atoms with E-state index in [-0.39, 0.29) is 35.0 Å². The number of esters is 1. The first kappa shape index (κ1) is 54.1. The SMILES string of the molecule is CNc1ccc(Cc2ccc(NC(=O)c3cc(C(=O)Nc4ccc(Cc5ccc(NC(=O)c6cccc(C(C)=O)c6)c(C)c5)cc4C)cc(C(=O)OCCOP(=O)([O-])OCC[N+](C)(C)C)c3)c(C)c2)cc1C. The maximum absolute atomic E-state index is 14.0. The maximum Gasteiger partial charge on any atom is 0.338 e. The van der Waals surface area contributed by atoms with Crippen molar-refractivity contribution in [3.05, 3.63) is 188 Å². The summed E-state index contributed by atoms with van der Waals surface area (Å²) in [6.07, 6.45) is 1.24. The standard InChI is InChI=1S/C56H62N5O10P/c1-35-25-40(13-17-49(35)57-6)29-41-15-19-51(37(3)27-41)59-54(64)46-32-47(34-48(33-46)56(66)69-23-24-71-72(67,68)70-22-21-61(7,8)9)55(65)60-52-20-16-43(28-38(52)4)30-42-14-18-50(36(2)26-42)58-53(63)45-12-10-11-44(31-45)39(5)62/h10-20,25-28,31-34,57H,21-24,29-30H2,1-9H3,(H3-,58,59,60,63,64,65,67,68). The molecule has 1 unspecified atom stereocenters. The topological polar surface area (TPSA) is 201 Å². The minimum atomic E-state index is -4.68. The van der Waals surface area contributed by atoms with Crippen molar-refractivity contribution >= 4 is 60.0 Å². The van der Waals surface area contributed by atoms with Gasteiger partial charge >= 0.3 is 5.97 Å². The van der Waals surface area contributed by atoms with Crippen molar-refractivity contribution < 1.29 is 51.7 Å². The van der Waals surface area contributed by atoms with E-state index in [1.165, 1.54) is 25.1 Å². The van der Waals surface area contributed by atoms with Crippen LogP contribution in [0.4, 0.5) is 22.7 Å². The fraction of sp³-hybridized carbons (Fsp3) is 0.268. The summed E-state index contributed by atoms with van der Waals surface area (Å²) in [5.41, 5.74) is 11.1. The summed E-state index contributed by atoms with van der Waals surface area (Å²) in [5, 5.41) is 11.9. The summed E-state index contributed by atoms with van der Waals surface area (Å²) in [4.78, 5) is 78.6. The summed E-state index contributed by atoms with van der Waals surface area (Å²) < 4.78 is 27.9. The van der Waals surface area contributed by atoms with E-state index in [9.17, 15) is 33.4 Å². The molecular weight excluding hydrogens is 934 g/mol. The van der Waals surface area contributed by atoms with Gasteiger partial charge in [0.05, 0.1) is 33.3 Å². The van der Waals surface area contributed by atoms with Crippen LogP contribution in [0.2, 0.25) is 0 Å². The van der Waals surface area contributed by atoms with Crippen molar-refractivity contribution in [2.45, 2.75) is 47.5 Å². The van der Waals surface area contributed by atoms with Gasteiger partial charge in [-0.25, -0.2) is 4.79 Å². The number of phosphoric acid groups is 1. The molecule has 0 saturated carbocycles. The molecule has 72 heavy (non-hydrogen) atoms. The Bertz CT molecular complexity index is 3070. The van der Waals surface area contributed by atoms with Crippen molar-refractivity contribution in [1.29, 1.82) is 0 Å². The largest absolute Gasteiger partial charge is 0.756 e. The van der Waals surface area contributed by atoms with Gasteiger partial charge in [-0.05, 0) is 147 Å². The van der Waals surface area contributed by atoms with Gasteiger partial charge in [-0.3, -0.25) is 23.7 Å². The summed E-state index contributed by atoms with van der Waals surface area (Å²) in [6.45, 7) is 8.47. The van der Waals surface area contributed by atoms with Crippen LogP contribution in [-0.2, 0) is 31.2 Å². The van der Waals surface area contributed by atoms with Gasteiger partial charge in [-0.15, -0.1) is 0 Å². The van der Waals surface area contributed by atoms with Crippen LogP contribution in [0.25, 0.3) is 0 Å². The second-order valence-electron chi connectivity index (χ2n) is 18.8. The summed E-state index contributed by atoms with van der Waals surface area (Å²) in [7, 11) is 2.86. The van der Waals surface area contributed by atoms with Crippen molar-refractivity contribution in [2.75, 3.05) is 75.8 Å². The molecule has 1 atom stereocenters. The molecule has 0 aromatic heterocycles. The molecular formula is C56H62N5O10P. The minimum Gasteiger partial charge on any atom is -0.756 e. The van der Waals surface area contributed by atoms with Gasteiger partial charge in [-0.1, -0.05) is 60.7 Å². The van der Waals surface area contributed by atoms with E-state index in [1.54, 1.807) is 30.3 Å². The second kappa shape index (κ2) is 23.8. The normalized spacial score (nSPS) is 12.1. The predicted molar refractivity (Wildman–Crippen MR) is 279 cm³/mol. The number of ether oxygens (including phenoxy) is 1. The van der Waals surface area contributed by atoms with Gasteiger partial charge in [0.1, 0.15) is 19.8 Å². The molecule has 0 bridgehead atoms. The molecule has 6 aromatic rings. The third kappa shape index (κ3) is 15.4. The van der Waals surface area contributed by atoms with Crippen molar-refractivity contribution in [1.82, 2.24) is 0 Å². The zero-order valence-corrected chi connectivity index (χ0v) is 43.1. The minimum absolute atomic E-state index is 0.000677. The molecule has 16 heteroatoms. The lowest BCUT2D eigenvalue weighted by Crippen LogP contribution is -2.37. The van der Waals surface area contributed by atoms with E-state index in [0.717, 1.165) is 50.2 Å². The smallest absolute Gasteiger partial charge is 0.338 e. The molecule has 0 spiro atoms. The van der Waals surface area contributed by atoms with Gasteiger partial charge < -0.3 is 44.4 Å². The van der Waals surface area contributed by atoms with E-state index in [2.05, 4.69) is 33.4 Å². The number of hydrogen-bond donors (Lipinski definition) is 4. The Kier molecular flexibility index (Phi) is 17.9. The quantitative estimate of drug-likeness (QED) is 0.0176. The van der Waals surface area contributed by atoms with E-state index in [0.29, 0.717) is 52.1 Å². The van der Waals surface area contributed by atoms with Gasteiger partial charge in [0.15, 0.2) is 5.78 Å². The average molecular weight is 996 g/mol. The van der Waals surface area contributed by atoms with Crippen molar-refractivity contribution in [3.63, 3.8) is 0 Å². The number of phosphoric ester groups is 1. The number of amides is 3. The van der Waals surface area contributed by atoms with E-state index in [4.69, 9.17) is 13.8 Å². The van der Waals surface area contributed by atoms with Crippen LogP contribution in [0.15, 0.2) is 115 Å². The molecule has 0 aliphatic carbocycles. The number of quaternary nitrogens is 1. The van der Waals surface area contributed by atoms with E-state index in [1.807, 2.05) is 110 Å². The highest BCUT2D eigenvalue weighted by molar-refractivity contribution is 7.45. The molecule has 376 valence electrons. The first-order valence-corrected chi connectivity index (χ1v) is 24.9. The summed E-state index contributed by atoms with van der Waals surface area (Å²) in [5.74, 6) is -2.55. The lowest BCUT2D eigenvalue weighted by molar-refractivity contribution is -0.870. The number of nitrogens with zero attached hydrogens (tertiary/aromatic N) is 1. The number of anilines is 4. The van der Waals surface area contributed by atoms with Gasteiger partial charge in [0.25, 0.3) is 25.5 Å². The van der Waals surface area contributed by atoms with Crippen molar-refractivity contribution in [3.8, 4) is 0 Å². The second-order valence-corrected chi connectivity index (χ2v) is 20.2. The Hall–Kier alpha value is -7.26. The van der Waals surface area contributed by atoms with Crippen LogP contribution in [0.1, 0.15) is 103 Å². The molecule has 4 N–H and O–H groups in total. The van der Waals surface area contributed by atoms with Crippen molar-refractivity contribution in [2.24, 2.45) is 0 Å². The number of ketones is 1. The summed E-state index contributed by atoms with van der Waals surface area (Å²) in [6, 6.07) is 33.9. The lowest BCUT2D eigenvalue weighted by atomic mass is 9.99. The third-order valence-electron chi connectivity index (χ3n) is 11.8. The van der Waals surface area contributed by atoms with Gasteiger partial charge in [0.2, 0.25) is 0 Å². The van der Waals surface area contributed by atoms with Crippen LogP contribution >= 0.6 is 7.82 Å². The van der Waals surface area contributed by atoms with Crippen LogP contribution in [0.3, 0.4) is 0 Å². The fourth-order valence-corrected chi connectivity index (χ4v) is 8.49. The monoisotopic (exact) mass is 995 g/mol. The zero-order valence-electron chi connectivity index (χ0n) is 42.2. The number of hydrogen-bond acceptors (Lipinski definition) is 11. The molecule has 0 radical (unpaired) electrons. The van der Waals surface area contributed by atoms with E-state index >= 15 is 0 Å². The maximum atomic E-state index is 14.0. The number of benzene rings is 6. The first-order chi connectivity index (χ1) is 34.1. The van der Waals surface area contributed by atoms with Crippen LogP contribution in [-0.4, -0.2) is 88.5 Å². The molecule has 3 amide bonds. The van der Waals surface area contributed by atoms with Gasteiger partial charge in [-0.2, -0.15) is 0 Å². The molecule has 15 nitrogen and oxygen atoms in total. The van der Waals surface area contributed by atoms with Crippen LogP contribution in [0, 0.1) is 27.7 Å². The number of nitrogens with one attached hydrogen (secondary N) is 4.